The maximum Gasteiger partial charge on any atom is 0.338 e. The summed E-state index contributed by atoms with van der Waals surface area (Å²) in [5, 5.41) is 0.915. The number of rotatable bonds is 4. The third-order valence-corrected chi connectivity index (χ3v) is 2.68. The highest BCUT2D eigenvalue weighted by Crippen LogP contribution is 2.16. The lowest BCUT2D eigenvalue weighted by Gasteiger charge is -2.07. The van der Waals surface area contributed by atoms with Crippen LogP contribution in [0.4, 0.5) is 5.69 Å². The molecule has 0 amide bonds. The molecule has 1 aromatic carbocycles. The summed E-state index contributed by atoms with van der Waals surface area (Å²) in [6.45, 7) is 0. The molecule has 0 aliphatic carbocycles. The maximum absolute atomic E-state index is 11.5. The van der Waals surface area contributed by atoms with Crippen molar-refractivity contribution in [2.75, 3.05) is 18.2 Å². The number of ether oxygens (including phenoxy) is 1. The molecular formula is C11H14BrNO2. The molecule has 0 unspecified atom stereocenters. The number of methoxy groups -OCH3 is 1. The van der Waals surface area contributed by atoms with E-state index >= 15 is 0 Å². The zero-order valence-electron chi connectivity index (χ0n) is 8.63. The first-order valence-electron chi connectivity index (χ1n) is 4.71. The van der Waals surface area contributed by atoms with E-state index in [9.17, 15) is 4.79 Å². The van der Waals surface area contributed by atoms with Gasteiger partial charge in [-0.15, -0.1) is 0 Å². The van der Waals surface area contributed by atoms with E-state index in [0.29, 0.717) is 11.3 Å². The topological polar surface area (TPSA) is 52.3 Å². The smallest absolute Gasteiger partial charge is 0.338 e. The average molecular weight is 272 g/mol. The zero-order chi connectivity index (χ0) is 11.3. The van der Waals surface area contributed by atoms with E-state index < -0.39 is 0 Å². The summed E-state index contributed by atoms with van der Waals surface area (Å²) in [5.74, 6) is -0.327. The Morgan fingerprint density at radius 1 is 1.53 bits per heavy atom. The van der Waals surface area contributed by atoms with Crippen molar-refractivity contribution in [1.82, 2.24) is 0 Å². The Labute approximate surface area is 97.7 Å². The highest BCUT2D eigenvalue weighted by Gasteiger charge is 2.11. The van der Waals surface area contributed by atoms with Gasteiger partial charge >= 0.3 is 5.97 Å². The van der Waals surface area contributed by atoms with E-state index in [4.69, 9.17) is 10.5 Å². The average Bonchev–Trinajstić information content (AvgIpc) is 2.26. The van der Waals surface area contributed by atoms with Crippen molar-refractivity contribution in [3.8, 4) is 0 Å². The number of alkyl halides is 1. The fraction of sp³-hybridized carbons (Fsp3) is 0.364. The molecule has 0 aliphatic rings. The summed E-state index contributed by atoms with van der Waals surface area (Å²) in [6, 6.07) is 5.34. The number of esters is 1. The van der Waals surface area contributed by atoms with Gasteiger partial charge in [0.25, 0.3) is 0 Å². The highest BCUT2D eigenvalue weighted by molar-refractivity contribution is 9.09. The summed E-state index contributed by atoms with van der Waals surface area (Å²) in [6.07, 6.45) is 1.82. The molecule has 1 aromatic rings. The maximum atomic E-state index is 11.5. The van der Waals surface area contributed by atoms with Gasteiger partial charge in [-0.05, 0) is 30.5 Å². The fourth-order valence-corrected chi connectivity index (χ4v) is 1.65. The van der Waals surface area contributed by atoms with Crippen molar-refractivity contribution in [2.24, 2.45) is 0 Å². The van der Waals surface area contributed by atoms with Crippen LogP contribution < -0.4 is 5.73 Å². The number of halogens is 1. The minimum Gasteiger partial charge on any atom is -0.465 e. The van der Waals surface area contributed by atoms with Gasteiger partial charge < -0.3 is 10.5 Å². The van der Waals surface area contributed by atoms with Gasteiger partial charge in [0.15, 0.2) is 0 Å². The Morgan fingerprint density at radius 3 is 2.87 bits per heavy atom. The van der Waals surface area contributed by atoms with Crippen molar-refractivity contribution in [3.05, 3.63) is 29.3 Å². The molecule has 0 spiro atoms. The molecule has 0 heterocycles. The molecule has 0 radical (unpaired) electrons. The van der Waals surface area contributed by atoms with Crippen molar-refractivity contribution >= 4 is 27.6 Å². The Balaban J connectivity index is 2.97. The molecule has 0 saturated heterocycles. The number of carbonyl (C=O) groups excluding carboxylic acids is 1. The van der Waals surface area contributed by atoms with E-state index in [1.807, 2.05) is 6.07 Å². The van der Waals surface area contributed by atoms with Gasteiger partial charge in [0.05, 0.1) is 12.7 Å². The van der Waals surface area contributed by atoms with Crippen molar-refractivity contribution in [3.63, 3.8) is 0 Å². The number of nitrogens with two attached hydrogens (primary N) is 1. The minimum absolute atomic E-state index is 0.327. The number of hydrogen-bond acceptors (Lipinski definition) is 3. The Bertz CT molecular complexity index is 352. The Hall–Kier alpha value is -1.03. The monoisotopic (exact) mass is 271 g/mol. The van der Waals surface area contributed by atoms with Crippen LogP contribution in [0.25, 0.3) is 0 Å². The molecule has 0 saturated carbocycles. The van der Waals surface area contributed by atoms with Crippen LogP contribution in [0.1, 0.15) is 22.3 Å². The fourth-order valence-electron chi connectivity index (χ4n) is 1.37. The summed E-state index contributed by atoms with van der Waals surface area (Å²) >= 11 is 3.36. The van der Waals surface area contributed by atoms with Crippen LogP contribution in [-0.2, 0) is 11.2 Å². The van der Waals surface area contributed by atoms with Gasteiger partial charge in [-0.3, -0.25) is 0 Å². The quantitative estimate of drug-likeness (QED) is 0.520. The van der Waals surface area contributed by atoms with Gasteiger partial charge in [0, 0.05) is 11.0 Å². The van der Waals surface area contributed by atoms with Gasteiger partial charge in [0.1, 0.15) is 0 Å². The van der Waals surface area contributed by atoms with E-state index in [1.54, 1.807) is 12.1 Å². The highest BCUT2D eigenvalue weighted by atomic mass is 79.9. The first-order chi connectivity index (χ1) is 7.19. The van der Waals surface area contributed by atoms with Crippen LogP contribution in [-0.4, -0.2) is 18.4 Å². The van der Waals surface area contributed by atoms with Crippen molar-refractivity contribution < 1.29 is 9.53 Å². The molecule has 0 aliphatic heterocycles. The number of benzene rings is 1. The normalized spacial score (nSPS) is 10.0. The van der Waals surface area contributed by atoms with E-state index in [1.165, 1.54) is 7.11 Å². The van der Waals surface area contributed by atoms with Gasteiger partial charge in [-0.1, -0.05) is 22.0 Å². The molecule has 4 heteroatoms. The number of hydrogen-bond donors (Lipinski definition) is 1. The SMILES string of the molecule is COC(=O)c1cc(N)ccc1CCCBr. The first-order valence-corrected chi connectivity index (χ1v) is 5.84. The van der Waals surface area contributed by atoms with Crippen LogP contribution in [0, 0.1) is 0 Å². The number of carbonyl (C=O) groups is 1. The third-order valence-electron chi connectivity index (χ3n) is 2.12. The summed E-state index contributed by atoms with van der Waals surface area (Å²) < 4.78 is 4.71. The summed E-state index contributed by atoms with van der Waals surface area (Å²) in [7, 11) is 1.37. The molecule has 1 rings (SSSR count). The van der Waals surface area contributed by atoms with Crippen LogP contribution in [0.3, 0.4) is 0 Å². The molecule has 0 bridgehead atoms. The molecule has 0 aromatic heterocycles. The summed E-state index contributed by atoms with van der Waals surface area (Å²) in [5.41, 5.74) is 7.76. The molecule has 3 nitrogen and oxygen atoms in total. The molecule has 15 heavy (non-hydrogen) atoms. The number of anilines is 1. The Morgan fingerprint density at radius 2 is 2.27 bits per heavy atom. The first kappa shape index (κ1) is 12.0. The van der Waals surface area contributed by atoms with E-state index in [0.717, 1.165) is 23.7 Å². The van der Waals surface area contributed by atoms with Crippen LogP contribution in [0.2, 0.25) is 0 Å². The molecular weight excluding hydrogens is 258 g/mol. The molecule has 82 valence electrons. The third kappa shape index (κ3) is 3.23. The van der Waals surface area contributed by atoms with Gasteiger partial charge in [-0.25, -0.2) is 4.79 Å². The standard InChI is InChI=1S/C11H14BrNO2/c1-15-11(14)10-7-9(13)5-4-8(10)3-2-6-12/h4-5,7H,2-3,6,13H2,1H3. The molecule has 0 fully saturated rings. The lowest BCUT2D eigenvalue weighted by Crippen LogP contribution is -2.07. The van der Waals surface area contributed by atoms with Crippen LogP contribution in [0.15, 0.2) is 18.2 Å². The number of aryl methyl sites for hydroxylation is 1. The second kappa shape index (κ2) is 5.75. The summed E-state index contributed by atoms with van der Waals surface area (Å²) in [4.78, 5) is 11.5. The van der Waals surface area contributed by atoms with E-state index in [2.05, 4.69) is 15.9 Å². The Kier molecular flexibility index (Phi) is 4.62. The minimum atomic E-state index is -0.327. The number of nitrogen functional groups attached to an aromatic ring is 1. The predicted octanol–water partition coefficient (Wildman–Crippen LogP) is 2.38. The molecule has 0 atom stereocenters. The molecule has 2 N–H and O–H groups in total. The lowest BCUT2D eigenvalue weighted by atomic mass is 10.0. The van der Waals surface area contributed by atoms with Crippen molar-refractivity contribution in [2.45, 2.75) is 12.8 Å². The second-order valence-electron chi connectivity index (χ2n) is 3.20. The zero-order valence-corrected chi connectivity index (χ0v) is 10.2. The van der Waals surface area contributed by atoms with Crippen LogP contribution in [0.5, 0.6) is 0 Å². The lowest BCUT2D eigenvalue weighted by molar-refractivity contribution is 0.0599. The van der Waals surface area contributed by atoms with Gasteiger partial charge in [0.2, 0.25) is 0 Å². The largest absolute Gasteiger partial charge is 0.465 e. The van der Waals surface area contributed by atoms with E-state index in [-0.39, 0.29) is 5.97 Å². The van der Waals surface area contributed by atoms with Crippen LogP contribution >= 0.6 is 15.9 Å². The van der Waals surface area contributed by atoms with Crippen molar-refractivity contribution in [1.29, 1.82) is 0 Å². The second-order valence-corrected chi connectivity index (χ2v) is 3.99. The van der Waals surface area contributed by atoms with Gasteiger partial charge in [-0.2, -0.15) is 0 Å². The predicted molar refractivity (Wildman–Crippen MR) is 64.3 cm³/mol.